The number of carbonyl (C=O) groups is 2. The number of hydrogen-bond donors (Lipinski definition) is 2. The fourth-order valence-corrected chi connectivity index (χ4v) is 3.41. The number of amides is 2. The zero-order chi connectivity index (χ0) is 15.8. The number of nitrogens with zero attached hydrogens (tertiary/aromatic N) is 1. The molecule has 0 aromatic rings. The largest absolute Gasteiger partial charge is 0.356 e. The number of unbranched alkanes of at least 4 members (excludes halogenated alkanes) is 2. The van der Waals surface area contributed by atoms with Crippen molar-refractivity contribution in [1.29, 1.82) is 0 Å². The third kappa shape index (κ3) is 4.97. The molecule has 2 saturated heterocycles. The van der Waals surface area contributed by atoms with Gasteiger partial charge in [0.05, 0.1) is 5.92 Å². The van der Waals surface area contributed by atoms with E-state index in [-0.39, 0.29) is 23.7 Å². The van der Waals surface area contributed by atoms with Crippen LogP contribution in [-0.4, -0.2) is 49.4 Å². The van der Waals surface area contributed by atoms with Gasteiger partial charge in [0.2, 0.25) is 11.8 Å². The Kier molecular flexibility index (Phi) is 7.16. The van der Waals surface area contributed by atoms with E-state index in [0.717, 1.165) is 64.8 Å². The van der Waals surface area contributed by atoms with Crippen LogP contribution >= 0.6 is 0 Å². The highest BCUT2D eigenvalue weighted by molar-refractivity contribution is 5.81. The van der Waals surface area contributed by atoms with Gasteiger partial charge < -0.3 is 15.5 Å². The van der Waals surface area contributed by atoms with Crippen LogP contribution in [0.1, 0.15) is 51.9 Å². The summed E-state index contributed by atoms with van der Waals surface area (Å²) in [6.45, 7) is 6.28. The summed E-state index contributed by atoms with van der Waals surface area (Å²) in [7, 11) is 0. The third-order valence-corrected chi connectivity index (χ3v) is 4.90. The van der Waals surface area contributed by atoms with Gasteiger partial charge in [-0.3, -0.25) is 9.59 Å². The number of hydrogen-bond acceptors (Lipinski definition) is 3. The van der Waals surface area contributed by atoms with Crippen LogP contribution in [0.3, 0.4) is 0 Å². The van der Waals surface area contributed by atoms with Crippen molar-refractivity contribution in [3.05, 3.63) is 0 Å². The topological polar surface area (TPSA) is 61.4 Å². The first kappa shape index (κ1) is 17.3. The van der Waals surface area contributed by atoms with Gasteiger partial charge in [-0.15, -0.1) is 0 Å². The van der Waals surface area contributed by atoms with Gasteiger partial charge in [-0.1, -0.05) is 19.8 Å². The van der Waals surface area contributed by atoms with Gasteiger partial charge in [0.15, 0.2) is 0 Å². The Balaban J connectivity index is 1.68. The highest BCUT2D eigenvalue weighted by Gasteiger charge is 2.31. The monoisotopic (exact) mass is 309 g/mol. The Morgan fingerprint density at radius 3 is 2.55 bits per heavy atom. The summed E-state index contributed by atoms with van der Waals surface area (Å²) < 4.78 is 0. The van der Waals surface area contributed by atoms with E-state index in [9.17, 15) is 9.59 Å². The lowest BCUT2D eigenvalue weighted by atomic mass is 9.93. The van der Waals surface area contributed by atoms with Gasteiger partial charge in [0, 0.05) is 32.1 Å². The van der Waals surface area contributed by atoms with Crippen molar-refractivity contribution >= 4 is 11.8 Å². The quantitative estimate of drug-likeness (QED) is 0.732. The number of carbonyl (C=O) groups excluding carboxylic acids is 2. The summed E-state index contributed by atoms with van der Waals surface area (Å²) in [5.74, 6) is 0.708. The molecule has 0 aromatic heterocycles. The lowest BCUT2D eigenvalue weighted by Crippen LogP contribution is -2.47. The first-order valence-electron chi connectivity index (χ1n) is 8.99. The van der Waals surface area contributed by atoms with Gasteiger partial charge in [-0.2, -0.15) is 0 Å². The molecular weight excluding hydrogens is 278 g/mol. The van der Waals surface area contributed by atoms with Crippen LogP contribution in [0, 0.1) is 11.8 Å². The molecule has 0 spiro atoms. The number of nitrogens with one attached hydrogen (secondary N) is 2. The van der Waals surface area contributed by atoms with Crippen LogP contribution < -0.4 is 10.6 Å². The molecule has 22 heavy (non-hydrogen) atoms. The highest BCUT2D eigenvalue weighted by Crippen LogP contribution is 2.21. The molecule has 0 aromatic carbocycles. The molecule has 2 aliphatic rings. The maximum atomic E-state index is 12.5. The molecule has 0 saturated carbocycles. The molecule has 5 heteroatoms. The first-order chi connectivity index (χ1) is 10.7. The summed E-state index contributed by atoms with van der Waals surface area (Å²) in [4.78, 5) is 26.5. The second kappa shape index (κ2) is 9.13. The number of likely N-dealkylation sites (tertiary alicyclic amines) is 1. The van der Waals surface area contributed by atoms with Crippen LogP contribution in [-0.2, 0) is 9.59 Å². The van der Waals surface area contributed by atoms with Crippen LogP contribution in [0.15, 0.2) is 0 Å². The molecule has 1 atom stereocenters. The molecule has 126 valence electrons. The third-order valence-electron chi connectivity index (χ3n) is 4.90. The molecule has 0 aliphatic carbocycles. The van der Waals surface area contributed by atoms with Crippen molar-refractivity contribution in [3.8, 4) is 0 Å². The van der Waals surface area contributed by atoms with Gasteiger partial charge in [-0.25, -0.2) is 0 Å². The Labute approximate surface area is 134 Å². The summed E-state index contributed by atoms with van der Waals surface area (Å²) >= 11 is 0. The van der Waals surface area contributed by atoms with Crippen LogP contribution in [0.2, 0.25) is 0 Å². The van der Waals surface area contributed by atoms with E-state index in [2.05, 4.69) is 17.6 Å². The zero-order valence-electron chi connectivity index (χ0n) is 13.9. The molecule has 2 fully saturated rings. The van der Waals surface area contributed by atoms with Gasteiger partial charge >= 0.3 is 0 Å². The average molecular weight is 309 g/mol. The lowest BCUT2D eigenvalue weighted by molar-refractivity contribution is -0.139. The highest BCUT2D eigenvalue weighted by atomic mass is 16.2. The number of rotatable bonds is 6. The Morgan fingerprint density at radius 1 is 1.14 bits per heavy atom. The summed E-state index contributed by atoms with van der Waals surface area (Å²) in [5, 5.41) is 6.35. The van der Waals surface area contributed by atoms with Crippen molar-refractivity contribution in [2.45, 2.75) is 51.9 Å². The summed E-state index contributed by atoms with van der Waals surface area (Å²) in [6.07, 6.45) is 7.12. The lowest BCUT2D eigenvalue weighted by Gasteiger charge is -2.34. The smallest absolute Gasteiger partial charge is 0.226 e. The van der Waals surface area contributed by atoms with Crippen LogP contribution in [0.5, 0.6) is 0 Å². The van der Waals surface area contributed by atoms with E-state index in [1.807, 2.05) is 4.90 Å². The molecule has 0 radical (unpaired) electrons. The minimum absolute atomic E-state index is 0.0927. The van der Waals surface area contributed by atoms with Crippen LogP contribution in [0.25, 0.3) is 0 Å². The maximum Gasteiger partial charge on any atom is 0.226 e. The summed E-state index contributed by atoms with van der Waals surface area (Å²) in [6, 6.07) is 0. The zero-order valence-corrected chi connectivity index (χ0v) is 13.9. The van der Waals surface area contributed by atoms with E-state index >= 15 is 0 Å². The standard InChI is InChI=1S/C17H31N3O2/c1-2-3-4-10-19-16(21)14-7-11-20(12-8-14)17(22)15-6-5-9-18-13-15/h14-15,18H,2-13H2,1H3,(H,19,21). The van der Waals surface area contributed by atoms with E-state index < -0.39 is 0 Å². The van der Waals surface area contributed by atoms with Gasteiger partial charge in [-0.05, 0) is 38.6 Å². The first-order valence-corrected chi connectivity index (χ1v) is 8.99. The van der Waals surface area contributed by atoms with E-state index in [4.69, 9.17) is 0 Å². The van der Waals surface area contributed by atoms with Crippen molar-refractivity contribution in [1.82, 2.24) is 15.5 Å². The molecular formula is C17H31N3O2. The maximum absolute atomic E-state index is 12.5. The molecule has 1 unspecified atom stereocenters. The molecule has 2 N–H and O–H groups in total. The van der Waals surface area contributed by atoms with E-state index in [1.165, 1.54) is 12.8 Å². The second-order valence-corrected chi connectivity index (χ2v) is 6.64. The average Bonchev–Trinajstić information content (AvgIpc) is 2.59. The molecule has 2 amide bonds. The minimum Gasteiger partial charge on any atom is -0.356 e. The van der Waals surface area contributed by atoms with E-state index in [0.29, 0.717) is 0 Å². The second-order valence-electron chi connectivity index (χ2n) is 6.64. The van der Waals surface area contributed by atoms with E-state index in [1.54, 1.807) is 0 Å². The molecule has 2 rings (SSSR count). The predicted molar refractivity (Wildman–Crippen MR) is 87.4 cm³/mol. The van der Waals surface area contributed by atoms with Crippen molar-refractivity contribution in [2.75, 3.05) is 32.7 Å². The predicted octanol–water partition coefficient (Wildman–Crippen LogP) is 1.53. The SMILES string of the molecule is CCCCCNC(=O)C1CCN(C(=O)C2CCCNC2)CC1. The normalized spacial score (nSPS) is 23.3. The summed E-state index contributed by atoms with van der Waals surface area (Å²) in [5.41, 5.74) is 0. The Morgan fingerprint density at radius 2 is 1.91 bits per heavy atom. The van der Waals surface area contributed by atoms with Crippen LogP contribution in [0.4, 0.5) is 0 Å². The Hall–Kier alpha value is -1.10. The molecule has 2 heterocycles. The minimum atomic E-state index is 0.0927. The molecule has 0 bridgehead atoms. The van der Waals surface area contributed by atoms with Crippen molar-refractivity contribution < 1.29 is 9.59 Å². The molecule has 5 nitrogen and oxygen atoms in total. The Bertz CT molecular complexity index is 359. The number of piperidine rings is 2. The molecule has 2 aliphatic heterocycles. The van der Waals surface area contributed by atoms with Gasteiger partial charge in [0.25, 0.3) is 0 Å². The van der Waals surface area contributed by atoms with Crippen molar-refractivity contribution in [2.24, 2.45) is 11.8 Å². The fourth-order valence-electron chi connectivity index (χ4n) is 3.41. The fraction of sp³-hybridized carbons (Fsp3) is 0.882. The van der Waals surface area contributed by atoms with Crippen molar-refractivity contribution in [3.63, 3.8) is 0 Å². The van der Waals surface area contributed by atoms with Gasteiger partial charge in [0.1, 0.15) is 0 Å².